The van der Waals surface area contributed by atoms with Crippen molar-refractivity contribution in [2.45, 2.75) is 38.4 Å². The van der Waals surface area contributed by atoms with E-state index in [1.54, 1.807) is 0 Å². The van der Waals surface area contributed by atoms with Crippen LogP contribution in [0.2, 0.25) is 0 Å². The van der Waals surface area contributed by atoms with Gasteiger partial charge >= 0.3 is 0 Å². The Labute approximate surface area is 168 Å². The summed E-state index contributed by atoms with van der Waals surface area (Å²) in [5.74, 6) is 0.634. The molecule has 3 rings (SSSR count). The number of carbonyl (C=O) groups is 1. The molecule has 1 heterocycles. The highest BCUT2D eigenvalue weighted by molar-refractivity contribution is 7.99. The SMILES string of the molecule is C/C(=N\Nc1nc(SCC(=O)NC(C)(C)C)n[nH]1)c1ccc2ccccc2c1. The minimum Gasteiger partial charge on any atom is -0.351 e. The molecular weight excluding hydrogens is 372 g/mol. The predicted molar refractivity (Wildman–Crippen MR) is 115 cm³/mol. The Hall–Kier alpha value is -2.87. The number of hydrogen-bond acceptors (Lipinski definition) is 6. The van der Waals surface area contributed by atoms with Gasteiger partial charge in [0.15, 0.2) is 0 Å². The fraction of sp³-hybridized carbons (Fsp3) is 0.300. The van der Waals surface area contributed by atoms with Crippen LogP contribution in [0.4, 0.5) is 5.95 Å². The molecule has 28 heavy (non-hydrogen) atoms. The number of rotatable bonds is 6. The van der Waals surface area contributed by atoms with Crippen molar-refractivity contribution in [1.29, 1.82) is 0 Å². The molecule has 0 unspecified atom stereocenters. The van der Waals surface area contributed by atoms with Gasteiger partial charge in [-0.1, -0.05) is 48.2 Å². The molecule has 0 aliphatic rings. The Kier molecular flexibility index (Phi) is 5.99. The third-order valence-corrected chi connectivity index (χ3v) is 4.66. The Morgan fingerprint density at radius 3 is 2.68 bits per heavy atom. The lowest BCUT2D eigenvalue weighted by atomic mass is 10.0. The van der Waals surface area contributed by atoms with Crippen LogP contribution in [0.3, 0.4) is 0 Å². The van der Waals surface area contributed by atoms with Crippen molar-refractivity contribution >= 4 is 40.1 Å². The maximum Gasteiger partial charge on any atom is 0.240 e. The Balaban J connectivity index is 1.58. The monoisotopic (exact) mass is 396 g/mol. The molecule has 1 amide bonds. The Morgan fingerprint density at radius 1 is 1.18 bits per heavy atom. The van der Waals surface area contributed by atoms with Crippen molar-refractivity contribution in [2.75, 3.05) is 11.2 Å². The summed E-state index contributed by atoms with van der Waals surface area (Å²) in [7, 11) is 0. The zero-order valence-corrected chi connectivity index (χ0v) is 17.2. The van der Waals surface area contributed by atoms with E-state index in [1.807, 2.05) is 45.9 Å². The molecule has 0 saturated heterocycles. The van der Waals surface area contributed by atoms with E-state index in [-0.39, 0.29) is 17.2 Å². The maximum atomic E-state index is 11.9. The summed E-state index contributed by atoms with van der Waals surface area (Å²) >= 11 is 1.27. The van der Waals surface area contributed by atoms with Crippen LogP contribution in [-0.4, -0.2) is 38.1 Å². The third-order valence-electron chi connectivity index (χ3n) is 3.81. The summed E-state index contributed by atoms with van der Waals surface area (Å²) < 4.78 is 0. The number of aromatic nitrogens is 3. The first kappa shape index (κ1) is 19.9. The number of hydrogen-bond donors (Lipinski definition) is 3. The fourth-order valence-corrected chi connectivity index (χ4v) is 3.16. The summed E-state index contributed by atoms with van der Waals surface area (Å²) in [5, 5.41) is 17.0. The number of hydrazone groups is 1. The number of amides is 1. The number of nitrogens with zero attached hydrogens (tertiary/aromatic N) is 3. The molecule has 3 aromatic rings. The largest absolute Gasteiger partial charge is 0.351 e. The Morgan fingerprint density at radius 2 is 1.93 bits per heavy atom. The molecule has 0 saturated carbocycles. The van der Waals surface area contributed by atoms with Crippen LogP contribution in [-0.2, 0) is 4.79 Å². The van der Waals surface area contributed by atoms with Crippen molar-refractivity contribution < 1.29 is 4.79 Å². The van der Waals surface area contributed by atoms with Crippen LogP contribution < -0.4 is 10.7 Å². The first-order valence-corrected chi connectivity index (χ1v) is 9.94. The van der Waals surface area contributed by atoms with Crippen LogP contribution in [0.5, 0.6) is 0 Å². The normalized spacial score (nSPS) is 12.2. The van der Waals surface area contributed by atoms with Gasteiger partial charge in [0.1, 0.15) is 0 Å². The van der Waals surface area contributed by atoms with E-state index in [2.05, 4.69) is 55.3 Å². The van der Waals surface area contributed by atoms with Crippen molar-refractivity contribution in [1.82, 2.24) is 20.5 Å². The molecule has 0 aliphatic heterocycles. The van der Waals surface area contributed by atoms with Gasteiger partial charge in [0.05, 0.1) is 11.5 Å². The molecule has 3 N–H and O–H groups in total. The summed E-state index contributed by atoms with van der Waals surface area (Å²) in [6.07, 6.45) is 0. The molecule has 0 bridgehead atoms. The van der Waals surface area contributed by atoms with E-state index < -0.39 is 0 Å². The average Bonchev–Trinajstić information content (AvgIpc) is 3.10. The van der Waals surface area contributed by atoms with Gasteiger partial charge in [0.2, 0.25) is 17.0 Å². The molecule has 0 spiro atoms. The van der Waals surface area contributed by atoms with Crippen LogP contribution in [0.15, 0.2) is 52.7 Å². The van der Waals surface area contributed by atoms with E-state index in [0.29, 0.717) is 11.1 Å². The molecule has 1 aromatic heterocycles. The molecule has 2 aromatic carbocycles. The lowest BCUT2D eigenvalue weighted by molar-refractivity contribution is -0.119. The minimum absolute atomic E-state index is 0.0537. The third kappa shape index (κ3) is 5.56. The maximum absolute atomic E-state index is 11.9. The quantitative estimate of drug-likeness (QED) is 0.335. The number of carbonyl (C=O) groups excluding carboxylic acids is 1. The van der Waals surface area contributed by atoms with Crippen LogP contribution in [0, 0.1) is 0 Å². The number of thioether (sulfide) groups is 1. The van der Waals surface area contributed by atoms with Gasteiger partial charge < -0.3 is 5.32 Å². The second kappa shape index (κ2) is 8.43. The molecule has 7 nitrogen and oxygen atoms in total. The molecule has 146 valence electrons. The number of aromatic amines is 1. The van der Waals surface area contributed by atoms with Gasteiger partial charge in [0.25, 0.3) is 0 Å². The van der Waals surface area contributed by atoms with Gasteiger partial charge in [-0.3, -0.25) is 4.79 Å². The van der Waals surface area contributed by atoms with Crippen molar-refractivity contribution in [2.24, 2.45) is 5.10 Å². The molecular formula is C20H24N6OS. The van der Waals surface area contributed by atoms with Gasteiger partial charge in [-0.2, -0.15) is 10.1 Å². The smallest absolute Gasteiger partial charge is 0.240 e. The van der Waals surface area contributed by atoms with Crippen LogP contribution in [0.25, 0.3) is 10.8 Å². The van der Waals surface area contributed by atoms with E-state index in [0.717, 1.165) is 11.3 Å². The number of anilines is 1. The first-order chi connectivity index (χ1) is 13.3. The van der Waals surface area contributed by atoms with Crippen molar-refractivity contribution in [3.8, 4) is 0 Å². The van der Waals surface area contributed by atoms with Gasteiger partial charge in [0, 0.05) is 5.54 Å². The summed E-state index contributed by atoms with van der Waals surface area (Å²) in [6, 6.07) is 14.4. The summed E-state index contributed by atoms with van der Waals surface area (Å²) in [4.78, 5) is 16.2. The van der Waals surface area contributed by atoms with E-state index in [4.69, 9.17) is 0 Å². The van der Waals surface area contributed by atoms with E-state index >= 15 is 0 Å². The second-order valence-electron chi connectivity index (χ2n) is 7.42. The van der Waals surface area contributed by atoms with Crippen molar-refractivity contribution in [3.63, 3.8) is 0 Å². The number of fused-ring (bicyclic) bond motifs is 1. The topological polar surface area (TPSA) is 95.1 Å². The number of benzene rings is 2. The van der Waals surface area contributed by atoms with Gasteiger partial charge in [-0.25, -0.2) is 10.5 Å². The van der Waals surface area contributed by atoms with E-state index in [1.165, 1.54) is 22.5 Å². The fourth-order valence-electron chi connectivity index (χ4n) is 2.56. The standard InChI is InChI=1S/C20H24N6OS/c1-13(15-10-9-14-7-5-6-8-16(14)11-15)23-24-18-21-19(26-25-18)28-12-17(27)22-20(2,3)4/h5-11H,12H2,1-4H3,(H,22,27)(H2,21,24,25,26)/b23-13+. The van der Waals surface area contributed by atoms with E-state index in [9.17, 15) is 4.79 Å². The average molecular weight is 397 g/mol. The molecule has 0 aliphatic carbocycles. The van der Waals surface area contributed by atoms with Crippen molar-refractivity contribution in [3.05, 3.63) is 48.0 Å². The van der Waals surface area contributed by atoms with Gasteiger partial charge in [-0.05, 0) is 50.1 Å². The summed E-state index contributed by atoms with van der Waals surface area (Å²) in [5.41, 5.74) is 4.49. The lowest BCUT2D eigenvalue weighted by Gasteiger charge is -2.19. The lowest BCUT2D eigenvalue weighted by Crippen LogP contribution is -2.41. The Bertz CT molecular complexity index is 1010. The zero-order chi connectivity index (χ0) is 20.1. The number of H-pyrrole nitrogens is 1. The highest BCUT2D eigenvalue weighted by Gasteiger charge is 2.14. The molecule has 0 radical (unpaired) electrons. The van der Waals surface area contributed by atoms with Crippen LogP contribution >= 0.6 is 11.8 Å². The highest BCUT2D eigenvalue weighted by atomic mass is 32.2. The summed E-state index contributed by atoms with van der Waals surface area (Å²) in [6.45, 7) is 7.76. The molecule has 0 atom stereocenters. The predicted octanol–water partition coefficient (Wildman–Crippen LogP) is 3.80. The molecule has 8 heteroatoms. The van der Waals surface area contributed by atoms with Crippen LogP contribution in [0.1, 0.15) is 33.3 Å². The molecule has 0 fully saturated rings. The van der Waals surface area contributed by atoms with Gasteiger partial charge in [-0.15, -0.1) is 5.10 Å². The first-order valence-electron chi connectivity index (χ1n) is 8.96. The number of nitrogens with one attached hydrogen (secondary N) is 3. The minimum atomic E-state index is -0.252. The highest BCUT2D eigenvalue weighted by Crippen LogP contribution is 2.17. The zero-order valence-electron chi connectivity index (χ0n) is 16.4. The second-order valence-corrected chi connectivity index (χ2v) is 8.37.